The number of amides is 1. The van der Waals surface area contributed by atoms with Crippen LogP contribution in [0.3, 0.4) is 0 Å². The number of hydrogen-bond donors (Lipinski definition) is 0. The quantitative estimate of drug-likeness (QED) is 0.480. The highest BCUT2D eigenvalue weighted by molar-refractivity contribution is 5.75. The van der Waals surface area contributed by atoms with Crippen molar-refractivity contribution in [2.45, 2.75) is 64.8 Å². The molecule has 1 saturated heterocycles. The standard InChI is InChI=1S/C25H29F3N6O4/c1-5-37-22-31-13-16-12-17(15-6-10-33(11-7-15)23(36)38-24(2,3)4)21(35)34(20(16)32-22)14-18-19(25(26,27)28)30-9-8-29-18/h8-9,12-13,15H,5-7,10-11,14H2,1-4H3. The summed E-state index contributed by atoms with van der Waals surface area (Å²) in [5.41, 5.74) is -2.16. The summed E-state index contributed by atoms with van der Waals surface area (Å²) in [5.74, 6) is -0.229. The molecule has 0 radical (unpaired) electrons. The lowest BCUT2D eigenvalue weighted by atomic mass is 9.90. The zero-order valence-electron chi connectivity index (χ0n) is 21.6. The Hall–Kier alpha value is -3.77. The van der Waals surface area contributed by atoms with Crippen molar-refractivity contribution in [3.05, 3.63) is 52.0 Å². The second-order valence-corrected chi connectivity index (χ2v) is 9.95. The Bertz CT molecular complexity index is 1380. The molecule has 4 heterocycles. The number of piperidine rings is 1. The second-order valence-electron chi connectivity index (χ2n) is 9.95. The number of ether oxygens (including phenoxy) is 2. The van der Waals surface area contributed by atoms with Crippen molar-refractivity contribution in [2.75, 3.05) is 19.7 Å². The van der Waals surface area contributed by atoms with Gasteiger partial charge in [0.25, 0.3) is 5.56 Å². The highest BCUT2D eigenvalue weighted by Crippen LogP contribution is 2.31. The maximum absolute atomic E-state index is 13.7. The van der Waals surface area contributed by atoms with E-state index in [4.69, 9.17) is 9.47 Å². The van der Waals surface area contributed by atoms with E-state index in [1.807, 2.05) is 0 Å². The van der Waals surface area contributed by atoms with E-state index in [1.54, 1.807) is 38.7 Å². The number of pyridine rings is 1. The normalized spacial score (nSPS) is 15.1. The maximum atomic E-state index is 13.7. The molecule has 0 aliphatic carbocycles. The fraction of sp³-hybridized carbons (Fsp3) is 0.520. The molecule has 0 saturated carbocycles. The fourth-order valence-corrected chi connectivity index (χ4v) is 4.37. The number of nitrogens with zero attached hydrogens (tertiary/aromatic N) is 6. The SMILES string of the molecule is CCOc1ncc2cc(C3CCN(C(=O)OC(C)(C)C)CC3)c(=O)n(Cc3nccnc3C(F)(F)F)c2n1. The van der Waals surface area contributed by atoms with Gasteiger partial charge < -0.3 is 14.4 Å². The third-order valence-electron chi connectivity index (χ3n) is 6.04. The van der Waals surface area contributed by atoms with E-state index in [0.717, 1.165) is 17.0 Å². The number of alkyl halides is 3. The summed E-state index contributed by atoms with van der Waals surface area (Å²) in [6, 6.07) is 1.67. The third-order valence-corrected chi connectivity index (χ3v) is 6.04. The molecule has 0 aromatic carbocycles. The summed E-state index contributed by atoms with van der Waals surface area (Å²) < 4.78 is 52.8. The van der Waals surface area contributed by atoms with Crippen LogP contribution in [0, 0.1) is 0 Å². The monoisotopic (exact) mass is 534 g/mol. The van der Waals surface area contributed by atoms with Crippen molar-refractivity contribution in [1.29, 1.82) is 0 Å². The van der Waals surface area contributed by atoms with Crippen LogP contribution in [-0.2, 0) is 17.5 Å². The first-order chi connectivity index (χ1) is 17.9. The van der Waals surface area contributed by atoms with E-state index >= 15 is 0 Å². The highest BCUT2D eigenvalue weighted by atomic mass is 19.4. The maximum Gasteiger partial charge on any atom is 0.435 e. The van der Waals surface area contributed by atoms with Crippen LogP contribution < -0.4 is 10.3 Å². The molecule has 0 unspecified atom stereocenters. The average Bonchev–Trinajstić information content (AvgIpc) is 2.85. The van der Waals surface area contributed by atoms with Crippen molar-refractivity contribution in [1.82, 2.24) is 29.4 Å². The number of carbonyl (C=O) groups is 1. The molecule has 1 aliphatic heterocycles. The number of aromatic nitrogens is 5. The van der Waals surface area contributed by atoms with Crippen molar-refractivity contribution in [3.8, 4) is 6.01 Å². The van der Waals surface area contributed by atoms with Gasteiger partial charge in [-0.3, -0.25) is 14.3 Å². The Morgan fingerprint density at radius 3 is 2.42 bits per heavy atom. The molecule has 4 rings (SSSR count). The van der Waals surface area contributed by atoms with E-state index in [-0.39, 0.29) is 24.2 Å². The number of halogens is 3. The zero-order valence-corrected chi connectivity index (χ0v) is 21.6. The first kappa shape index (κ1) is 27.3. The summed E-state index contributed by atoms with van der Waals surface area (Å²) >= 11 is 0. The Kier molecular flexibility index (Phi) is 7.56. The zero-order chi connectivity index (χ0) is 27.7. The topological polar surface area (TPSA) is 112 Å². The van der Waals surface area contributed by atoms with Crippen LogP contribution in [0.1, 0.15) is 63.4 Å². The molecule has 0 atom stereocenters. The molecule has 1 aliphatic rings. The Balaban J connectivity index is 1.73. The minimum atomic E-state index is -4.75. The summed E-state index contributed by atoms with van der Waals surface area (Å²) in [5, 5.41) is 0.468. The lowest BCUT2D eigenvalue weighted by molar-refractivity contribution is -0.142. The van der Waals surface area contributed by atoms with Crippen LogP contribution in [0.15, 0.2) is 29.5 Å². The van der Waals surface area contributed by atoms with E-state index in [1.165, 1.54) is 6.20 Å². The minimum Gasteiger partial charge on any atom is -0.464 e. The molecule has 1 fully saturated rings. The van der Waals surface area contributed by atoms with Crippen LogP contribution in [-0.4, -0.2) is 60.8 Å². The Morgan fingerprint density at radius 1 is 1.11 bits per heavy atom. The van der Waals surface area contributed by atoms with Crippen molar-refractivity contribution >= 4 is 17.1 Å². The lowest BCUT2D eigenvalue weighted by Gasteiger charge is -2.33. The molecule has 3 aromatic rings. The molecule has 0 N–H and O–H groups in total. The largest absolute Gasteiger partial charge is 0.464 e. The van der Waals surface area contributed by atoms with Gasteiger partial charge in [-0.05, 0) is 52.5 Å². The predicted molar refractivity (Wildman–Crippen MR) is 131 cm³/mol. The summed E-state index contributed by atoms with van der Waals surface area (Å²) in [7, 11) is 0. The average molecular weight is 535 g/mol. The smallest absolute Gasteiger partial charge is 0.435 e. The molecular weight excluding hydrogens is 505 g/mol. The molecule has 10 nitrogen and oxygen atoms in total. The van der Waals surface area contributed by atoms with Gasteiger partial charge in [-0.1, -0.05) is 0 Å². The Morgan fingerprint density at radius 2 is 1.79 bits per heavy atom. The summed E-state index contributed by atoms with van der Waals surface area (Å²) in [6.45, 7) is 7.62. The minimum absolute atomic E-state index is 0.00163. The van der Waals surface area contributed by atoms with Crippen LogP contribution in [0.2, 0.25) is 0 Å². The molecular formula is C25H29F3N6O4. The van der Waals surface area contributed by atoms with Gasteiger partial charge >= 0.3 is 18.3 Å². The number of rotatable bonds is 5. The summed E-state index contributed by atoms with van der Waals surface area (Å²) in [6.07, 6.45) is -0.629. The van der Waals surface area contributed by atoms with Gasteiger partial charge in [-0.2, -0.15) is 18.2 Å². The van der Waals surface area contributed by atoms with Crippen LogP contribution >= 0.6 is 0 Å². The molecule has 0 bridgehead atoms. The van der Waals surface area contributed by atoms with Gasteiger partial charge in [0.1, 0.15) is 11.2 Å². The number of fused-ring (bicyclic) bond motifs is 1. The van der Waals surface area contributed by atoms with Crippen LogP contribution in [0.4, 0.5) is 18.0 Å². The molecule has 1 amide bonds. The van der Waals surface area contributed by atoms with Crippen molar-refractivity contribution in [2.24, 2.45) is 0 Å². The molecule has 0 spiro atoms. The lowest BCUT2D eigenvalue weighted by Crippen LogP contribution is -2.42. The van der Waals surface area contributed by atoms with Crippen molar-refractivity contribution < 1.29 is 27.4 Å². The third kappa shape index (κ3) is 6.03. The first-order valence-electron chi connectivity index (χ1n) is 12.3. The van der Waals surface area contributed by atoms with Gasteiger partial charge in [0.15, 0.2) is 5.69 Å². The number of likely N-dealkylation sites (tertiary alicyclic amines) is 1. The number of hydrogen-bond acceptors (Lipinski definition) is 8. The van der Waals surface area contributed by atoms with Gasteiger partial charge in [0, 0.05) is 42.6 Å². The van der Waals surface area contributed by atoms with E-state index in [2.05, 4.69) is 19.9 Å². The van der Waals surface area contributed by atoms with Gasteiger partial charge in [0.05, 0.1) is 18.8 Å². The first-order valence-corrected chi connectivity index (χ1v) is 12.3. The summed E-state index contributed by atoms with van der Waals surface area (Å²) in [4.78, 5) is 43.6. The molecule has 13 heteroatoms. The molecule has 3 aromatic heterocycles. The molecule has 38 heavy (non-hydrogen) atoms. The van der Waals surface area contributed by atoms with Gasteiger partial charge in [-0.25, -0.2) is 14.8 Å². The van der Waals surface area contributed by atoms with E-state index in [0.29, 0.717) is 36.9 Å². The predicted octanol–water partition coefficient (Wildman–Crippen LogP) is 4.16. The van der Waals surface area contributed by atoms with Crippen LogP contribution in [0.5, 0.6) is 6.01 Å². The van der Waals surface area contributed by atoms with E-state index < -0.39 is 41.4 Å². The molecule has 204 valence electrons. The highest BCUT2D eigenvalue weighted by Gasteiger charge is 2.36. The van der Waals surface area contributed by atoms with Crippen LogP contribution in [0.25, 0.3) is 11.0 Å². The van der Waals surface area contributed by atoms with Crippen molar-refractivity contribution in [3.63, 3.8) is 0 Å². The fourth-order valence-electron chi connectivity index (χ4n) is 4.37. The van der Waals surface area contributed by atoms with E-state index in [9.17, 15) is 22.8 Å². The second kappa shape index (κ2) is 10.5. The van der Waals surface area contributed by atoms with Gasteiger partial charge in [0.2, 0.25) is 0 Å². The Labute approximate surface area is 216 Å². The van der Waals surface area contributed by atoms with Gasteiger partial charge in [-0.15, -0.1) is 0 Å². The number of carbonyl (C=O) groups excluding carboxylic acids is 1.